The van der Waals surface area contributed by atoms with E-state index in [1.807, 2.05) is 0 Å². The number of esters is 1. The maximum atomic E-state index is 11.6. The number of carbonyl (C=O) groups excluding carboxylic acids is 2. The predicted molar refractivity (Wildman–Crippen MR) is 78.5 cm³/mol. The molecular weight excluding hydrogens is 258 g/mol. The van der Waals surface area contributed by atoms with Gasteiger partial charge in [-0.05, 0) is 24.6 Å². The summed E-state index contributed by atoms with van der Waals surface area (Å²) in [6.07, 6.45) is 1.88. The van der Waals surface area contributed by atoms with E-state index in [1.165, 1.54) is 7.11 Å². The summed E-state index contributed by atoms with van der Waals surface area (Å²) in [5, 5.41) is 0. The lowest BCUT2D eigenvalue weighted by molar-refractivity contribution is -0.116. The second-order valence-corrected chi connectivity index (χ2v) is 4.51. The lowest BCUT2D eigenvalue weighted by atomic mass is 10.1. The number of nitrogens with zero attached hydrogens (tertiary/aromatic N) is 1. The first-order valence-electron chi connectivity index (χ1n) is 6.50. The standard InChI is InChI=1S/C14H21N3O3/c1-3-4-7-17(9-13(16)18)12-8-10(14(19)20-2)5-6-11(12)15/h5-6,8H,3-4,7,9,15H2,1-2H3,(H2,16,18). The molecule has 0 aromatic heterocycles. The summed E-state index contributed by atoms with van der Waals surface area (Å²) in [6, 6.07) is 4.84. The van der Waals surface area contributed by atoms with Gasteiger partial charge in [0, 0.05) is 6.54 Å². The van der Waals surface area contributed by atoms with Crippen molar-refractivity contribution in [1.29, 1.82) is 0 Å². The Morgan fingerprint density at radius 1 is 1.35 bits per heavy atom. The molecule has 20 heavy (non-hydrogen) atoms. The molecule has 1 amide bonds. The molecule has 1 aromatic carbocycles. The van der Waals surface area contributed by atoms with Crippen molar-refractivity contribution in [3.05, 3.63) is 23.8 Å². The van der Waals surface area contributed by atoms with Gasteiger partial charge in [0.05, 0.1) is 30.6 Å². The topological polar surface area (TPSA) is 98.6 Å². The van der Waals surface area contributed by atoms with Gasteiger partial charge in [-0.15, -0.1) is 0 Å². The van der Waals surface area contributed by atoms with Crippen molar-refractivity contribution in [1.82, 2.24) is 0 Å². The molecule has 6 nitrogen and oxygen atoms in total. The monoisotopic (exact) mass is 279 g/mol. The molecule has 0 saturated heterocycles. The smallest absolute Gasteiger partial charge is 0.337 e. The zero-order valence-electron chi connectivity index (χ0n) is 11.9. The number of primary amides is 1. The number of ether oxygens (including phenoxy) is 1. The summed E-state index contributed by atoms with van der Waals surface area (Å²) in [6.45, 7) is 2.76. The van der Waals surface area contributed by atoms with E-state index in [4.69, 9.17) is 11.5 Å². The quantitative estimate of drug-likeness (QED) is 0.576. The van der Waals surface area contributed by atoms with E-state index >= 15 is 0 Å². The molecule has 0 unspecified atom stereocenters. The normalized spacial score (nSPS) is 10.1. The first-order chi connectivity index (χ1) is 9.49. The fraction of sp³-hybridized carbons (Fsp3) is 0.429. The number of methoxy groups -OCH3 is 1. The van der Waals surface area contributed by atoms with Crippen molar-refractivity contribution >= 4 is 23.3 Å². The highest BCUT2D eigenvalue weighted by atomic mass is 16.5. The molecule has 0 atom stereocenters. The Hall–Kier alpha value is -2.24. The number of nitrogens with two attached hydrogens (primary N) is 2. The Kier molecular flexibility index (Phi) is 5.83. The van der Waals surface area contributed by atoms with E-state index < -0.39 is 11.9 Å². The molecule has 110 valence electrons. The van der Waals surface area contributed by atoms with Gasteiger partial charge in [-0.2, -0.15) is 0 Å². The molecule has 0 saturated carbocycles. The second-order valence-electron chi connectivity index (χ2n) is 4.51. The molecule has 4 N–H and O–H groups in total. The first-order valence-corrected chi connectivity index (χ1v) is 6.50. The van der Waals surface area contributed by atoms with Gasteiger partial charge in [0.2, 0.25) is 5.91 Å². The Morgan fingerprint density at radius 2 is 2.05 bits per heavy atom. The summed E-state index contributed by atoms with van der Waals surface area (Å²) in [5.41, 5.74) is 12.7. The minimum absolute atomic E-state index is 0.0643. The van der Waals surface area contributed by atoms with Crippen LogP contribution in [0.25, 0.3) is 0 Å². The van der Waals surface area contributed by atoms with Crippen LogP contribution in [0, 0.1) is 0 Å². The van der Waals surface area contributed by atoms with Crippen molar-refractivity contribution in [3.8, 4) is 0 Å². The van der Waals surface area contributed by atoms with Crippen LogP contribution in [0.3, 0.4) is 0 Å². The summed E-state index contributed by atoms with van der Waals surface area (Å²) >= 11 is 0. The van der Waals surface area contributed by atoms with E-state index in [2.05, 4.69) is 11.7 Å². The Morgan fingerprint density at radius 3 is 2.60 bits per heavy atom. The first kappa shape index (κ1) is 15.8. The third kappa shape index (κ3) is 4.15. The maximum Gasteiger partial charge on any atom is 0.337 e. The molecular formula is C14H21N3O3. The second kappa shape index (κ2) is 7.37. The maximum absolute atomic E-state index is 11.6. The predicted octanol–water partition coefficient (Wildman–Crippen LogP) is 1.15. The number of nitrogen functional groups attached to an aromatic ring is 1. The largest absolute Gasteiger partial charge is 0.465 e. The molecule has 0 aliphatic heterocycles. The average molecular weight is 279 g/mol. The van der Waals surface area contributed by atoms with Crippen LogP contribution in [-0.4, -0.2) is 32.1 Å². The van der Waals surface area contributed by atoms with Crippen molar-refractivity contribution in [3.63, 3.8) is 0 Å². The van der Waals surface area contributed by atoms with Crippen molar-refractivity contribution < 1.29 is 14.3 Å². The van der Waals surface area contributed by atoms with Crippen LogP contribution in [0.5, 0.6) is 0 Å². The number of unbranched alkanes of at least 4 members (excludes halogenated alkanes) is 1. The van der Waals surface area contributed by atoms with Crippen LogP contribution in [0.4, 0.5) is 11.4 Å². The summed E-state index contributed by atoms with van der Waals surface area (Å²) < 4.78 is 4.68. The highest BCUT2D eigenvalue weighted by Gasteiger charge is 2.15. The van der Waals surface area contributed by atoms with E-state index in [1.54, 1.807) is 23.1 Å². The van der Waals surface area contributed by atoms with Gasteiger partial charge < -0.3 is 21.1 Å². The van der Waals surface area contributed by atoms with Gasteiger partial charge in [0.25, 0.3) is 0 Å². The van der Waals surface area contributed by atoms with E-state index in [-0.39, 0.29) is 6.54 Å². The summed E-state index contributed by atoms with van der Waals surface area (Å²) in [7, 11) is 1.32. The fourth-order valence-corrected chi connectivity index (χ4v) is 1.88. The number of hydrogen-bond acceptors (Lipinski definition) is 5. The highest BCUT2D eigenvalue weighted by Crippen LogP contribution is 2.25. The van der Waals surface area contributed by atoms with Gasteiger partial charge in [0.1, 0.15) is 0 Å². The Balaban J connectivity index is 3.09. The number of anilines is 2. The Labute approximate surface area is 118 Å². The molecule has 0 spiro atoms. The van der Waals surface area contributed by atoms with E-state index in [9.17, 15) is 9.59 Å². The van der Waals surface area contributed by atoms with Crippen molar-refractivity contribution in [2.45, 2.75) is 19.8 Å². The van der Waals surface area contributed by atoms with E-state index in [0.717, 1.165) is 12.8 Å². The van der Waals surface area contributed by atoms with Gasteiger partial charge in [-0.3, -0.25) is 4.79 Å². The lowest BCUT2D eigenvalue weighted by Gasteiger charge is -2.25. The summed E-state index contributed by atoms with van der Waals surface area (Å²) in [5.74, 6) is -0.884. The van der Waals surface area contributed by atoms with Crippen molar-refractivity contribution in [2.24, 2.45) is 5.73 Å². The zero-order chi connectivity index (χ0) is 15.1. The minimum atomic E-state index is -0.444. The number of benzene rings is 1. The minimum Gasteiger partial charge on any atom is -0.465 e. The van der Waals surface area contributed by atoms with E-state index in [0.29, 0.717) is 23.5 Å². The van der Waals surface area contributed by atoms with Gasteiger partial charge in [-0.1, -0.05) is 13.3 Å². The van der Waals surface area contributed by atoms with Gasteiger partial charge >= 0.3 is 5.97 Å². The van der Waals surface area contributed by atoms with Crippen LogP contribution in [0.15, 0.2) is 18.2 Å². The molecule has 0 bridgehead atoms. The van der Waals surface area contributed by atoms with Crippen LogP contribution in [0.1, 0.15) is 30.1 Å². The lowest BCUT2D eigenvalue weighted by Crippen LogP contribution is -2.35. The SMILES string of the molecule is CCCCN(CC(N)=O)c1cc(C(=O)OC)ccc1N. The van der Waals surface area contributed by atoms with Crippen molar-refractivity contribution in [2.75, 3.05) is 30.8 Å². The highest BCUT2D eigenvalue weighted by molar-refractivity contribution is 5.92. The third-order valence-electron chi connectivity index (χ3n) is 2.92. The molecule has 6 heteroatoms. The number of hydrogen-bond donors (Lipinski definition) is 2. The van der Waals surface area contributed by atoms with Crippen LogP contribution >= 0.6 is 0 Å². The number of carbonyl (C=O) groups is 2. The molecule has 0 radical (unpaired) electrons. The molecule has 0 fully saturated rings. The fourth-order valence-electron chi connectivity index (χ4n) is 1.88. The van der Waals surface area contributed by atoms with Crippen LogP contribution in [-0.2, 0) is 9.53 Å². The molecule has 0 aliphatic carbocycles. The molecule has 0 heterocycles. The van der Waals surface area contributed by atoms with Crippen LogP contribution in [0.2, 0.25) is 0 Å². The van der Waals surface area contributed by atoms with Gasteiger partial charge in [0.15, 0.2) is 0 Å². The number of rotatable bonds is 7. The molecule has 1 rings (SSSR count). The summed E-state index contributed by atoms with van der Waals surface area (Å²) in [4.78, 5) is 24.5. The van der Waals surface area contributed by atoms with Gasteiger partial charge in [-0.25, -0.2) is 4.79 Å². The number of amides is 1. The van der Waals surface area contributed by atoms with Crippen LogP contribution < -0.4 is 16.4 Å². The third-order valence-corrected chi connectivity index (χ3v) is 2.92. The molecule has 0 aliphatic rings. The Bertz CT molecular complexity index is 489. The zero-order valence-corrected chi connectivity index (χ0v) is 11.9. The molecule has 1 aromatic rings. The average Bonchev–Trinajstić information content (AvgIpc) is 2.43.